The lowest BCUT2D eigenvalue weighted by atomic mass is 10.0. The molecule has 3 unspecified atom stereocenters. The van der Waals surface area contributed by atoms with Gasteiger partial charge in [-0.3, -0.25) is 13.9 Å². The molecule has 0 saturated heterocycles. The first-order chi connectivity index (χ1) is 18.2. The fraction of sp³-hybridized carbons (Fsp3) is 0.333. The van der Waals surface area contributed by atoms with Gasteiger partial charge in [0.05, 0.1) is 5.92 Å². The second-order valence-electron chi connectivity index (χ2n) is 10.6. The smallest absolute Gasteiger partial charge is 0.307 e. The maximum atomic E-state index is 11.3. The van der Waals surface area contributed by atoms with Gasteiger partial charge in [-0.25, -0.2) is 4.98 Å². The fourth-order valence-corrected chi connectivity index (χ4v) is 6.92. The van der Waals surface area contributed by atoms with Gasteiger partial charge in [-0.05, 0) is 77.9 Å². The Labute approximate surface area is 224 Å². The molecule has 1 aliphatic heterocycles. The molecule has 3 aliphatic rings. The Balaban J connectivity index is 1.12. The largest absolute Gasteiger partial charge is 0.489 e. The van der Waals surface area contributed by atoms with Gasteiger partial charge in [0.15, 0.2) is 0 Å². The van der Waals surface area contributed by atoms with E-state index in [9.17, 15) is 19.0 Å². The summed E-state index contributed by atoms with van der Waals surface area (Å²) in [6, 6.07) is 18.5. The van der Waals surface area contributed by atoms with Crippen LogP contribution in [0.2, 0.25) is 0 Å². The highest BCUT2D eigenvalue weighted by Crippen LogP contribution is 2.61. The fourth-order valence-electron chi connectivity index (χ4n) is 6.05. The number of aryl methyl sites for hydroxylation is 1. The molecule has 1 saturated carbocycles. The quantitative estimate of drug-likeness (QED) is 0.339. The number of pyridine rings is 1. The Bertz CT molecular complexity index is 1450. The molecule has 0 radical (unpaired) electrons. The highest BCUT2D eigenvalue weighted by molar-refractivity contribution is 8.27. The van der Waals surface area contributed by atoms with Crippen LogP contribution in [0.1, 0.15) is 34.7 Å². The topological polar surface area (TPSA) is 103 Å². The first-order valence-corrected chi connectivity index (χ1v) is 14.9. The minimum absolute atomic E-state index is 0.179. The lowest BCUT2D eigenvalue weighted by molar-refractivity contribution is -0.139. The maximum Gasteiger partial charge on any atom is 0.307 e. The second-order valence-corrected chi connectivity index (χ2v) is 12.8. The van der Waals surface area contributed by atoms with Crippen molar-refractivity contribution in [2.75, 3.05) is 24.2 Å². The number of nitrogens with zero attached hydrogens (tertiary/aromatic N) is 2. The molecular formula is C30H32N2O5S. The summed E-state index contributed by atoms with van der Waals surface area (Å²) >= 11 is 0. The van der Waals surface area contributed by atoms with Crippen LogP contribution in [0.3, 0.4) is 0 Å². The van der Waals surface area contributed by atoms with Crippen molar-refractivity contribution >= 4 is 22.4 Å². The average molecular weight is 533 g/mol. The molecule has 6 rings (SSSR count). The van der Waals surface area contributed by atoms with Gasteiger partial charge >= 0.3 is 5.97 Å². The number of fused-ring (bicyclic) bond motifs is 3. The highest BCUT2D eigenvalue weighted by Gasteiger charge is 2.59. The molecule has 2 aliphatic carbocycles. The summed E-state index contributed by atoms with van der Waals surface area (Å²) in [6.45, 7) is 3.78. The highest BCUT2D eigenvalue weighted by atomic mass is 32.3. The van der Waals surface area contributed by atoms with Gasteiger partial charge in [-0.2, -0.15) is 10.6 Å². The third kappa shape index (κ3) is 4.68. The normalized spacial score (nSPS) is 22.4. The third-order valence-electron chi connectivity index (χ3n) is 8.09. The van der Waals surface area contributed by atoms with Crippen LogP contribution in [-0.4, -0.2) is 44.5 Å². The maximum absolute atomic E-state index is 11.3. The van der Waals surface area contributed by atoms with Gasteiger partial charge in [0.25, 0.3) is 0 Å². The summed E-state index contributed by atoms with van der Waals surface area (Å²) in [7, 11) is -2.63. The van der Waals surface area contributed by atoms with Crippen LogP contribution in [0.4, 0.5) is 5.82 Å². The van der Waals surface area contributed by atoms with E-state index >= 15 is 0 Å². The van der Waals surface area contributed by atoms with Gasteiger partial charge in [-0.15, -0.1) is 0 Å². The predicted molar refractivity (Wildman–Crippen MR) is 150 cm³/mol. The number of aromatic nitrogens is 1. The van der Waals surface area contributed by atoms with Gasteiger partial charge in [0, 0.05) is 47.8 Å². The number of benzene rings is 2. The Hall–Kier alpha value is -3.33. The molecule has 3 atom stereocenters. The van der Waals surface area contributed by atoms with Gasteiger partial charge in [-0.1, -0.05) is 24.3 Å². The molecule has 0 spiro atoms. The first kappa shape index (κ1) is 25.0. The standard InChI is InChI=1S/C30H32N2O5S/c1-18-24(8-9-27(31-18)32-12-10-23(11-13-32)38(2,35)36)20-5-3-4-19(14-20)17-37-22-6-7-25-21(15-22)16-26-28(25)29(26)30(33)34/h3-10,14-15,26,28-29,35-36H,11-13,16-17H2,1-2H3,(H,33,34). The van der Waals surface area contributed by atoms with Crippen molar-refractivity contribution in [3.8, 4) is 16.9 Å². The van der Waals surface area contributed by atoms with Gasteiger partial charge in [0.2, 0.25) is 0 Å². The molecule has 7 nitrogen and oxygen atoms in total. The van der Waals surface area contributed by atoms with E-state index < -0.39 is 16.6 Å². The average Bonchev–Trinajstić information content (AvgIpc) is 3.49. The van der Waals surface area contributed by atoms with E-state index in [0.29, 0.717) is 26.1 Å². The zero-order chi connectivity index (χ0) is 26.6. The number of hydrogen-bond acceptors (Lipinski definition) is 6. The van der Waals surface area contributed by atoms with Crippen molar-refractivity contribution in [1.82, 2.24) is 4.98 Å². The van der Waals surface area contributed by atoms with Crippen LogP contribution in [-0.2, 0) is 17.8 Å². The molecule has 3 aromatic rings. The SMILES string of the molecule is Cc1nc(N2CC=C(S(C)(O)O)CC2)ccc1-c1cccc(COc2ccc3c(c2)CC2C(C(=O)O)C32)c1. The summed E-state index contributed by atoms with van der Waals surface area (Å²) in [5.74, 6) is 1.24. The Morgan fingerprint density at radius 3 is 2.71 bits per heavy atom. The number of carboxylic acids is 1. The van der Waals surface area contributed by atoms with Gasteiger partial charge < -0.3 is 14.7 Å². The van der Waals surface area contributed by atoms with Crippen molar-refractivity contribution in [3.63, 3.8) is 0 Å². The lowest BCUT2D eigenvalue weighted by Gasteiger charge is -2.35. The van der Waals surface area contributed by atoms with E-state index in [4.69, 9.17) is 9.72 Å². The number of rotatable bonds is 7. The molecule has 3 N–H and O–H groups in total. The summed E-state index contributed by atoms with van der Waals surface area (Å²) in [5.41, 5.74) is 6.53. The summed E-state index contributed by atoms with van der Waals surface area (Å²) < 4.78 is 25.9. The number of hydrogen-bond donors (Lipinski definition) is 3. The van der Waals surface area contributed by atoms with E-state index in [1.54, 1.807) is 0 Å². The Morgan fingerprint density at radius 1 is 1.16 bits per heavy atom. The molecular weight excluding hydrogens is 500 g/mol. The van der Waals surface area contributed by atoms with E-state index in [1.165, 1.54) is 17.4 Å². The molecule has 1 fully saturated rings. The lowest BCUT2D eigenvalue weighted by Crippen LogP contribution is -2.30. The van der Waals surface area contributed by atoms with Gasteiger partial charge in [0.1, 0.15) is 18.2 Å². The zero-order valence-corrected chi connectivity index (χ0v) is 22.3. The van der Waals surface area contributed by atoms with Crippen LogP contribution in [0.5, 0.6) is 5.75 Å². The minimum atomic E-state index is -2.63. The van der Waals surface area contributed by atoms with E-state index in [2.05, 4.69) is 35.2 Å². The summed E-state index contributed by atoms with van der Waals surface area (Å²) in [4.78, 5) is 19.1. The molecule has 8 heteroatoms. The van der Waals surface area contributed by atoms with Crippen molar-refractivity contribution in [2.24, 2.45) is 11.8 Å². The Kier molecular flexibility index (Phi) is 6.21. The second kappa shape index (κ2) is 9.45. The van der Waals surface area contributed by atoms with Crippen molar-refractivity contribution in [1.29, 1.82) is 0 Å². The number of anilines is 1. The number of aliphatic carboxylic acids is 1. The van der Waals surface area contributed by atoms with Crippen LogP contribution >= 0.6 is 10.6 Å². The first-order valence-electron chi connectivity index (χ1n) is 12.9. The summed E-state index contributed by atoms with van der Waals surface area (Å²) in [5, 5.41) is 9.33. The van der Waals surface area contributed by atoms with Crippen LogP contribution in [0, 0.1) is 18.8 Å². The molecule has 0 bridgehead atoms. The van der Waals surface area contributed by atoms with E-state index in [-0.39, 0.29) is 17.8 Å². The van der Waals surface area contributed by atoms with E-state index in [0.717, 1.165) is 45.3 Å². The molecule has 198 valence electrons. The third-order valence-corrected chi connectivity index (χ3v) is 9.45. The predicted octanol–water partition coefficient (Wildman–Crippen LogP) is 6.08. The van der Waals surface area contributed by atoms with Crippen molar-refractivity contribution in [2.45, 2.75) is 32.3 Å². The number of carbonyl (C=O) groups is 1. The summed E-state index contributed by atoms with van der Waals surface area (Å²) in [6.07, 6.45) is 4.84. The van der Waals surface area contributed by atoms with Crippen molar-refractivity contribution < 1.29 is 23.7 Å². The molecule has 2 heterocycles. The van der Waals surface area contributed by atoms with Crippen molar-refractivity contribution in [3.05, 3.63) is 88.0 Å². The minimum Gasteiger partial charge on any atom is -0.489 e. The number of carboxylic acid groups (broad SMARTS) is 1. The molecule has 0 amide bonds. The van der Waals surface area contributed by atoms with Crippen LogP contribution < -0.4 is 9.64 Å². The van der Waals surface area contributed by atoms with E-state index in [1.807, 2.05) is 37.3 Å². The van der Waals surface area contributed by atoms with Crippen LogP contribution in [0.15, 0.2) is 65.6 Å². The molecule has 2 aromatic carbocycles. The Morgan fingerprint density at radius 2 is 2.00 bits per heavy atom. The monoisotopic (exact) mass is 532 g/mol. The molecule has 38 heavy (non-hydrogen) atoms. The molecule has 1 aromatic heterocycles. The van der Waals surface area contributed by atoms with Crippen LogP contribution in [0.25, 0.3) is 11.1 Å². The zero-order valence-electron chi connectivity index (χ0n) is 21.5. The number of ether oxygens (including phenoxy) is 1.